The minimum Gasteiger partial charge on any atom is -0.467 e. The number of ether oxygens (including phenoxy) is 1. The lowest BCUT2D eigenvalue weighted by Gasteiger charge is -2.34. The van der Waals surface area contributed by atoms with Crippen LogP contribution in [-0.2, 0) is 9.59 Å². The Morgan fingerprint density at radius 1 is 1.31 bits per heavy atom. The number of amides is 2. The molecule has 2 saturated heterocycles. The average Bonchev–Trinajstić information content (AvgIpc) is 3.06. The number of carbonyl (C=O) groups excluding carboxylic acids is 2. The fourth-order valence-corrected chi connectivity index (χ4v) is 4.38. The fourth-order valence-electron chi connectivity index (χ4n) is 3.48. The second-order valence-electron chi connectivity index (χ2n) is 6.75. The van der Waals surface area contributed by atoms with Crippen molar-refractivity contribution in [1.82, 2.24) is 15.2 Å². The lowest BCUT2D eigenvalue weighted by atomic mass is 9.96. The number of para-hydroxylation sites is 1. The predicted molar refractivity (Wildman–Crippen MR) is 95.5 cm³/mol. The van der Waals surface area contributed by atoms with Gasteiger partial charge in [0.15, 0.2) is 0 Å². The zero-order valence-electron chi connectivity index (χ0n) is 14.2. The highest BCUT2D eigenvalue weighted by atomic mass is 32.1. The van der Waals surface area contributed by atoms with Gasteiger partial charge in [0, 0.05) is 38.9 Å². The summed E-state index contributed by atoms with van der Waals surface area (Å²) in [6.07, 6.45) is 2.48. The van der Waals surface area contributed by atoms with Crippen molar-refractivity contribution >= 4 is 33.4 Å². The van der Waals surface area contributed by atoms with Gasteiger partial charge in [-0.25, -0.2) is 4.39 Å². The van der Waals surface area contributed by atoms with Crippen LogP contribution in [0.25, 0.3) is 10.2 Å². The van der Waals surface area contributed by atoms with Crippen LogP contribution in [-0.4, -0.2) is 47.4 Å². The van der Waals surface area contributed by atoms with E-state index >= 15 is 0 Å². The van der Waals surface area contributed by atoms with E-state index in [2.05, 4.69) is 10.3 Å². The normalized spacial score (nSPS) is 21.7. The number of hydrogen-bond donors (Lipinski definition) is 1. The van der Waals surface area contributed by atoms with Gasteiger partial charge in [-0.1, -0.05) is 17.4 Å². The number of benzene rings is 1. The smallest absolute Gasteiger partial charge is 0.274 e. The fraction of sp³-hybridized carbons (Fsp3) is 0.500. The molecule has 3 heterocycles. The molecule has 0 bridgehead atoms. The lowest BCUT2D eigenvalue weighted by Crippen LogP contribution is -2.48. The molecule has 2 fully saturated rings. The Morgan fingerprint density at radius 3 is 2.81 bits per heavy atom. The van der Waals surface area contributed by atoms with Crippen molar-refractivity contribution in [2.24, 2.45) is 5.92 Å². The van der Waals surface area contributed by atoms with E-state index in [0.717, 1.165) is 17.5 Å². The molecular formula is C18H20FN3O3S. The average molecular weight is 377 g/mol. The van der Waals surface area contributed by atoms with Crippen LogP contribution in [0.1, 0.15) is 25.7 Å². The van der Waals surface area contributed by atoms with Gasteiger partial charge >= 0.3 is 0 Å². The number of carbonyl (C=O) groups is 2. The van der Waals surface area contributed by atoms with Gasteiger partial charge in [-0.2, -0.15) is 4.98 Å². The molecule has 1 N–H and O–H groups in total. The Labute approximate surface area is 154 Å². The van der Waals surface area contributed by atoms with Gasteiger partial charge in [0.25, 0.3) is 5.19 Å². The van der Waals surface area contributed by atoms with Crippen LogP contribution in [0.2, 0.25) is 0 Å². The minimum absolute atomic E-state index is 0.0197. The molecule has 1 aromatic carbocycles. The predicted octanol–water partition coefficient (Wildman–Crippen LogP) is 2.33. The quantitative estimate of drug-likeness (QED) is 0.891. The van der Waals surface area contributed by atoms with Crippen molar-refractivity contribution in [3.05, 3.63) is 24.0 Å². The first-order chi connectivity index (χ1) is 12.6. The Kier molecular flexibility index (Phi) is 4.76. The zero-order valence-corrected chi connectivity index (χ0v) is 15.1. The standard InChI is InChI=1S/C18H20FN3O3S/c19-13-2-1-3-14-16(13)21-18(26-14)25-12-6-8-22(9-7-12)17(24)11-4-5-15(23)20-10-11/h1-3,11-12H,4-10H2,(H,20,23). The summed E-state index contributed by atoms with van der Waals surface area (Å²) in [6, 6.07) is 4.88. The van der Waals surface area contributed by atoms with Crippen molar-refractivity contribution in [2.75, 3.05) is 19.6 Å². The summed E-state index contributed by atoms with van der Waals surface area (Å²) < 4.78 is 20.4. The Balaban J connectivity index is 1.32. The van der Waals surface area contributed by atoms with Crippen LogP contribution in [0, 0.1) is 11.7 Å². The number of aromatic nitrogens is 1. The third-order valence-corrected chi connectivity index (χ3v) is 5.90. The summed E-state index contributed by atoms with van der Waals surface area (Å²) in [5.41, 5.74) is 0.347. The molecule has 138 valence electrons. The van der Waals surface area contributed by atoms with Gasteiger partial charge in [0.1, 0.15) is 17.4 Å². The molecule has 1 atom stereocenters. The van der Waals surface area contributed by atoms with E-state index in [1.807, 2.05) is 11.0 Å². The van der Waals surface area contributed by atoms with Crippen LogP contribution in [0.5, 0.6) is 5.19 Å². The Bertz CT molecular complexity index is 822. The van der Waals surface area contributed by atoms with Crippen LogP contribution in [0.15, 0.2) is 18.2 Å². The second kappa shape index (κ2) is 7.19. The number of hydrogen-bond acceptors (Lipinski definition) is 5. The topological polar surface area (TPSA) is 71.5 Å². The van der Waals surface area contributed by atoms with E-state index in [9.17, 15) is 14.0 Å². The number of nitrogens with zero attached hydrogens (tertiary/aromatic N) is 2. The summed E-state index contributed by atoms with van der Waals surface area (Å²) in [6.45, 7) is 1.70. The first kappa shape index (κ1) is 17.2. The van der Waals surface area contributed by atoms with Crippen molar-refractivity contribution in [3.63, 3.8) is 0 Å². The number of rotatable bonds is 3. The van der Waals surface area contributed by atoms with Gasteiger partial charge in [0.2, 0.25) is 11.8 Å². The summed E-state index contributed by atoms with van der Waals surface area (Å²) in [4.78, 5) is 29.9. The molecule has 2 aliphatic rings. The third-order valence-electron chi connectivity index (χ3n) is 4.99. The number of thiazole rings is 1. The van der Waals surface area contributed by atoms with E-state index < -0.39 is 0 Å². The van der Waals surface area contributed by atoms with Crippen molar-refractivity contribution in [1.29, 1.82) is 0 Å². The van der Waals surface area contributed by atoms with E-state index in [1.165, 1.54) is 17.4 Å². The molecular weight excluding hydrogens is 357 g/mol. The molecule has 0 saturated carbocycles. The summed E-state index contributed by atoms with van der Waals surface area (Å²) in [5.74, 6) is -0.315. The van der Waals surface area contributed by atoms with Crippen LogP contribution >= 0.6 is 11.3 Å². The maximum atomic E-state index is 13.7. The summed E-state index contributed by atoms with van der Waals surface area (Å²) in [5, 5.41) is 3.24. The molecule has 0 aliphatic carbocycles. The van der Waals surface area contributed by atoms with Crippen molar-refractivity contribution < 1.29 is 18.7 Å². The van der Waals surface area contributed by atoms with Crippen LogP contribution < -0.4 is 10.1 Å². The van der Waals surface area contributed by atoms with Gasteiger partial charge in [-0.15, -0.1) is 0 Å². The molecule has 6 nitrogen and oxygen atoms in total. The first-order valence-corrected chi connectivity index (χ1v) is 9.69. The van der Waals surface area contributed by atoms with Crippen molar-refractivity contribution in [2.45, 2.75) is 31.8 Å². The first-order valence-electron chi connectivity index (χ1n) is 8.87. The monoisotopic (exact) mass is 377 g/mol. The molecule has 26 heavy (non-hydrogen) atoms. The van der Waals surface area contributed by atoms with Crippen LogP contribution in [0.3, 0.4) is 0 Å². The highest BCUT2D eigenvalue weighted by Gasteiger charge is 2.31. The lowest BCUT2D eigenvalue weighted by molar-refractivity contribution is -0.139. The van der Waals surface area contributed by atoms with E-state index in [1.54, 1.807) is 6.07 Å². The van der Waals surface area contributed by atoms with Gasteiger partial charge in [-0.3, -0.25) is 9.59 Å². The third kappa shape index (κ3) is 3.51. The molecule has 0 spiro atoms. The molecule has 0 radical (unpaired) electrons. The molecule has 1 aromatic heterocycles. The van der Waals surface area contributed by atoms with Crippen LogP contribution in [0.4, 0.5) is 4.39 Å². The second-order valence-corrected chi connectivity index (χ2v) is 7.74. The largest absolute Gasteiger partial charge is 0.467 e. The van der Waals surface area contributed by atoms with Crippen molar-refractivity contribution in [3.8, 4) is 5.19 Å². The number of halogens is 1. The van der Waals surface area contributed by atoms with E-state index in [0.29, 0.717) is 43.2 Å². The maximum Gasteiger partial charge on any atom is 0.274 e. The molecule has 4 rings (SSSR count). The zero-order chi connectivity index (χ0) is 18.1. The van der Waals surface area contributed by atoms with Gasteiger partial charge in [0.05, 0.1) is 10.6 Å². The number of piperidine rings is 2. The van der Waals surface area contributed by atoms with Gasteiger partial charge < -0.3 is 15.0 Å². The SMILES string of the molecule is O=C1CCC(C(=O)N2CCC(Oc3nc4c(F)cccc4s3)CC2)CN1. The minimum atomic E-state index is -0.339. The number of fused-ring (bicyclic) bond motifs is 1. The Morgan fingerprint density at radius 2 is 2.12 bits per heavy atom. The highest BCUT2D eigenvalue weighted by molar-refractivity contribution is 7.20. The molecule has 2 amide bonds. The van der Waals surface area contributed by atoms with E-state index in [4.69, 9.17) is 4.74 Å². The number of nitrogens with one attached hydrogen (secondary N) is 1. The molecule has 2 aliphatic heterocycles. The molecule has 1 unspecified atom stereocenters. The number of likely N-dealkylation sites (tertiary alicyclic amines) is 1. The van der Waals surface area contributed by atoms with E-state index in [-0.39, 0.29) is 29.7 Å². The Hall–Kier alpha value is -2.22. The highest BCUT2D eigenvalue weighted by Crippen LogP contribution is 2.31. The summed E-state index contributed by atoms with van der Waals surface area (Å²) in [7, 11) is 0. The maximum absolute atomic E-state index is 13.7. The van der Waals surface area contributed by atoms with Gasteiger partial charge in [-0.05, 0) is 18.6 Å². The molecule has 8 heteroatoms. The molecule has 2 aromatic rings. The summed E-state index contributed by atoms with van der Waals surface area (Å²) >= 11 is 1.34.